The van der Waals surface area contributed by atoms with E-state index < -0.39 is 0 Å². The van der Waals surface area contributed by atoms with E-state index in [2.05, 4.69) is 0 Å². The lowest BCUT2D eigenvalue weighted by Crippen LogP contribution is -2.36. The Bertz CT molecular complexity index is 408. The van der Waals surface area contributed by atoms with Gasteiger partial charge in [-0.05, 0) is 30.5 Å². The molecule has 0 amide bonds. The summed E-state index contributed by atoms with van der Waals surface area (Å²) < 4.78 is 10.2. The highest BCUT2D eigenvalue weighted by Crippen LogP contribution is 2.38. The molecule has 1 heterocycles. The molecule has 0 N–H and O–H groups in total. The second-order valence-electron chi connectivity index (χ2n) is 4.65. The van der Waals surface area contributed by atoms with E-state index in [1.165, 1.54) is 7.11 Å². The van der Waals surface area contributed by atoms with Crippen molar-refractivity contribution in [3.63, 3.8) is 0 Å². The van der Waals surface area contributed by atoms with E-state index in [0.29, 0.717) is 24.7 Å². The second kappa shape index (κ2) is 5.72. The van der Waals surface area contributed by atoms with Crippen LogP contribution in [0.5, 0.6) is 0 Å². The standard InChI is InChI=1S/C14H17ClO3/c1-17-13(16)10-14(6-8-18-9-7-14)11-2-4-12(15)5-3-11/h2-5H,6-10H2,1H3. The van der Waals surface area contributed by atoms with Crippen LogP contribution in [0.25, 0.3) is 0 Å². The number of hydrogen-bond donors (Lipinski definition) is 0. The highest BCUT2D eigenvalue weighted by Gasteiger charge is 2.36. The summed E-state index contributed by atoms with van der Waals surface area (Å²) in [5, 5.41) is 0.707. The normalized spacial score (nSPS) is 18.3. The molecule has 0 saturated carbocycles. The van der Waals surface area contributed by atoms with E-state index in [0.717, 1.165) is 18.4 Å². The Kier molecular flexibility index (Phi) is 4.25. The van der Waals surface area contributed by atoms with E-state index >= 15 is 0 Å². The Morgan fingerprint density at radius 2 is 1.94 bits per heavy atom. The van der Waals surface area contributed by atoms with Gasteiger partial charge in [0.25, 0.3) is 0 Å². The van der Waals surface area contributed by atoms with Gasteiger partial charge in [0.1, 0.15) is 0 Å². The summed E-state index contributed by atoms with van der Waals surface area (Å²) in [6.45, 7) is 1.36. The smallest absolute Gasteiger partial charge is 0.306 e. The topological polar surface area (TPSA) is 35.5 Å². The van der Waals surface area contributed by atoms with E-state index in [1.54, 1.807) is 0 Å². The van der Waals surface area contributed by atoms with Gasteiger partial charge in [-0.2, -0.15) is 0 Å². The maximum atomic E-state index is 11.6. The van der Waals surface area contributed by atoms with Crippen molar-refractivity contribution in [2.24, 2.45) is 0 Å². The largest absolute Gasteiger partial charge is 0.469 e. The quantitative estimate of drug-likeness (QED) is 0.791. The van der Waals surface area contributed by atoms with E-state index in [4.69, 9.17) is 21.1 Å². The number of esters is 1. The maximum Gasteiger partial charge on any atom is 0.306 e. The summed E-state index contributed by atoms with van der Waals surface area (Å²) in [7, 11) is 1.43. The summed E-state index contributed by atoms with van der Waals surface area (Å²) >= 11 is 5.91. The monoisotopic (exact) mass is 268 g/mol. The first-order valence-corrected chi connectivity index (χ1v) is 6.45. The molecule has 2 rings (SSSR count). The molecule has 0 aliphatic carbocycles. The first kappa shape index (κ1) is 13.4. The van der Waals surface area contributed by atoms with Gasteiger partial charge in [-0.1, -0.05) is 23.7 Å². The van der Waals surface area contributed by atoms with Crippen molar-refractivity contribution in [3.8, 4) is 0 Å². The van der Waals surface area contributed by atoms with Crippen molar-refractivity contribution in [2.75, 3.05) is 20.3 Å². The number of ether oxygens (including phenoxy) is 2. The summed E-state index contributed by atoms with van der Waals surface area (Å²) in [5.41, 5.74) is 0.969. The zero-order valence-electron chi connectivity index (χ0n) is 10.4. The van der Waals surface area contributed by atoms with Crippen LogP contribution in [-0.2, 0) is 19.7 Å². The molecule has 0 radical (unpaired) electrons. The molecule has 0 aromatic heterocycles. The molecular formula is C14H17ClO3. The van der Waals surface area contributed by atoms with Gasteiger partial charge in [0.2, 0.25) is 0 Å². The van der Waals surface area contributed by atoms with Crippen LogP contribution in [0, 0.1) is 0 Å². The highest BCUT2D eigenvalue weighted by atomic mass is 35.5. The molecule has 1 aliphatic heterocycles. The minimum atomic E-state index is -0.174. The van der Waals surface area contributed by atoms with Gasteiger partial charge in [0.05, 0.1) is 13.5 Å². The third-order valence-corrected chi connectivity index (χ3v) is 3.87. The fraction of sp³-hybridized carbons (Fsp3) is 0.500. The molecule has 1 aromatic rings. The van der Waals surface area contributed by atoms with Crippen molar-refractivity contribution in [2.45, 2.75) is 24.7 Å². The van der Waals surface area contributed by atoms with Gasteiger partial charge in [-0.15, -0.1) is 0 Å². The van der Waals surface area contributed by atoms with Crippen LogP contribution < -0.4 is 0 Å². The van der Waals surface area contributed by atoms with Gasteiger partial charge >= 0.3 is 5.97 Å². The summed E-state index contributed by atoms with van der Waals surface area (Å²) in [5.74, 6) is -0.174. The predicted molar refractivity (Wildman–Crippen MR) is 69.8 cm³/mol. The molecule has 0 spiro atoms. The molecule has 0 unspecified atom stereocenters. The van der Waals surface area contributed by atoms with Crippen molar-refractivity contribution in [1.82, 2.24) is 0 Å². The average Bonchev–Trinajstić information content (AvgIpc) is 2.40. The lowest BCUT2D eigenvalue weighted by Gasteiger charge is -2.36. The third-order valence-electron chi connectivity index (χ3n) is 3.62. The third kappa shape index (κ3) is 2.85. The number of methoxy groups -OCH3 is 1. The minimum absolute atomic E-state index is 0.171. The first-order valence-electron chi connectivity index (χ1n) is 6.07. The molecule has 1 saturated heterocycles. The molecule has 1 fully saturated rings. The molecule has 4 heteroatoms. The number of carbonyl (C=O) groups is 1. The van der Waals surface area contributed by atoms with Crippen molar-refractivity contribution < 1.29 is 14.3 Å². The molecule has 98 valence electrons. The second-order valence-corrected chi connectivity index (χ2v) is 5.09. The fourth-order valence-electron chi connectivity index (χ4n) is 2.48. The predicted octanol–water partition coefficient (Wildman–Crippen LogP) is 2.95. The van der Waals surface area contributed by atoms with E-state index in [9.17, 15) is 4.79 Å². The van der Waals surface area contributed by atoms with Gasteiger partial charge in [0.15, 0.2) is 0 Å². The van der Waals surface area contributed by atoms with Crippen molar-refractivity contribution in [1.29, 1.82) is 0 Å². The molecule has 0 bridgehead atoms. The molecule has 3 nitrogen and oxygen atoms in total. The maximum absolute atomic E-state index is 11.6. The van der Waals surface area contributed by atoms with Gasteiger partial charge in [0, 0.05) is 23.7 Å². The number of hydrogen-bond acceptors (Lipinski definition) is 3. The fourth-order valence-corrected chi connectivity index (χ4v) is 2.61. The van der Waals surface area contributed by atoms with Crippen LogP contribution in [0.4, 0.5) is 0 Å². The van der Waals surface area contributed by atoms with Crippen molar-refractivity contribution >= 4 is 17.6 Å². The molecular weight excluding hydrogens is 252 g/mol. The Labute approximate surface area is 112 Å². The SMILES string of the molecule is COC(=O)CC1(c2ccc(Cl)cc2)CCOCC1. The zero-order valence-corrected chi connectivity index (χ0v) is 11.2. The first-order chi connectivity index (χ1) is 8.66. The molecule has 1 aliphatic rings. The summed E-state index contributed by atoms with van der Waals surface area (Å²) in [4.78, 5) is 11.6. The lowest BCUT2D eigenvalue weighted by atomic mass is 9.72. The number of benzene rings is 1. The van der Waals surface area contributed by atoms with E-state index in [1.807, 2.05) is 24.3 Å². The molecule has 1 aromatic carbocycles. The van der Waals surface area contributed by atoms with Crippen LogP contribution in [-0.4, -0.2) is 26.3 Å². The van der Waals surface area contributed by atoms with Crippen LogP contribution in [0.3, 0.4) is 0 Å². The van der Waals surface area contributed by atoms with Crippen LogP contribution >= 0.6 is 11.6 Å². The zero-order chi connectivity index (χ0) is 13.0. The van der Waals surface area contributed by atoms with Gasteiger partial charge in [-0.3, -0.25) is 4.79 Å². The van der Waals surface area contributed by atoms with Crippen molar-refractivity contribution in [3.05, 3.63) is 34.9 Å². The lowest BCUT2D eigenvalue weighted by molar-refractivity contribution is -0.143. The highest BCUT2D eigenvalue weighted by molar-refractivity contribution is 6.30. The number of rotatable bonds is 3. The van der Waals surface area contributed by atoms with Crippen LogP contribution in [0.15, 0.2) is 24.3 Å². The molecule has 0 atom stereocenters. The number of carbonyl (C=O) groups excluding carboxylic acids is 1. The van der Waals surface area contributed by atoms with Gasteiger partial charge in [-0.25, -0.2) is 0 Å². The Balaban J connectivity index is 2.28. The average molecular weight is 269 g/mol. The van der Waals surface area contributed by atoms with E-state index in [-0.39, 0.29) is 11.4 Å². The Morgan fingerprint density at radius 3 is 2.50 bits per heavy atom. The van der Waals surface area contributed by atoms with Crippen LogP contribution in [0.2, 0.25) is 5.02 Å². The Morgan fingerprint density at radius 1 is 1.33 bits per heavy atom. The van der Waals surface area contributed by atoms with Crippen LogP contribution in [0.1, 0.15) is 24.8 Å². The number of halogens is 1. The van der Waals surface area contributed by atoms with Gasteiger partial charge < -0.3 is 9.47 Å². The minimum Gasteiger partial charge on any atom is -0.469 e. The Hall–Kier alpha value is -1.06. The summed E-state index contributed by atoms with van der Waals surface area (Å²) in [6.07, 6.45) is 2.07. The summed E-state index contributed by atoms with van der Waals surface area (Å²) in [6, 6.07) is 7.73. The molecule has 18 heavy (non-hydrogen) atoms.